The van der Waals surface area contributed by atoms with Gasteiger partial charge in [-0.15, -0.1) is 0 Å². The van der Waals surface area contributed by atoms with Gasteiger partial charge in [0.2, 0.25) is 5.91 Å². The Bertz CT molecular complexity index is 877. The lowest BCUT2D eigenvalue weighted by Gasteiger charge is -2.16. The van der Waals surface area contributed by atoms with Crippen LogP contribution in [0.4, 0.5) is 5.69 Å². The van der Waals surface area contributed by atoms with Crippen LogP contribution in [0.25, 0.3) is 11.1 Å². The predicted molar refractivity (Wildman–Crippen MR) is 85.1 cm³/mol. The molecule has 2 aromatic heterocycles. The lowest BCUT2D eigenvalue weighted by atomic mass is 10.3. The van der Waals surface area contributed by atoms with Crippen LogP contribution in [0.3, 0.4) is 0 Å². The second-order valence-electron chi connectivity index (χ2n) is 5.29. The Morgan fingerprint density at radius 1 is 1.35 bits per heavy atom. The molecule has 0 aliphatic rings. The lowest BCUT2D eigenvalue weighted by Crippen LogP contribution is -2.31. The fourth-order valence-corrected chi connectivity index (χ4v) is 2.27. The monoisotopic (exact) mass is 315 g/mol. The Labute approximate surface area is 132 Å². The maximum atomic E-state index is 12.1. The third-order valence-corrected chi connectivity index (χ3v) is 3.63. The van der Waals surface area contributed by atoms with Gasteiger partial charge in [0.25, 0.3) is 0 Å². The van der Waals surface area contributed by atoms with Crippen LogP contribution in [-0.4, -0.2) is 29.0 Å². The van der Waals surface area contributed by atoms with Crippen molar-refractivity contribution in [1.29, 1.82) is 0 Å². The highest BCUT2D eigenvalue weighted by molar-refractivity contribution is 5.82. The number of nitrogens with zero attached hydrogens (tertiary/aromatic N) is 2. The Morgan fingerprint density at radius 2 is 2.17 bits per heavy atom. The highest BCUT2D eigenvalue weighted by Gasteiger charge is 2.11. The molecule has 0 aliphatic carbocycles. The number of aryl methyl sites for hydroxylation is 1. The Morgan fingerprint density at radius 3 is 2.91 bits per heavy atom. The molecule has 0 aliphatic heterocycles. The number of aromatic nitrogens is 1. The summed E-state index contributed by atoms with van der Waals surface area (Å²) in [5, 5.41) is 3.05. The van der Waals surface area contributed by atoms with Gasteiger partial charge in [-0.3, -0.25) is 9.36 Å². The van der Waals surface area contributed by atoms with Crippen LogP contribution < -0.4 is 11.1 Å². The number of carbonyl (C=O) groups excluding carboxylic acids is 1. The Balaban J connectivity index is 1.64. The van der Waals surface area contributed by atoms with Crippen molar-refractivity contribution in [2.45, 2.75) is 6.54 Å². The molecule has 0 bridgehead atoms. The van der Waals surface area contributed by atoms with E-state index in [-0.39, 0.29) is 12.5 Å². The summed E-state index contributed by atoms with van der Waals surface area (Å²) in [6, 6.07) is 8.86. The topological polar surface area (TPSA) is 80.6 Å². The summed E-state index contributed by atoms with van der Waals surface area (Å²) >= 11 is 0. The molecule has 0 spiro atoms. The van der Waals surface area contributed by atoms with Crippen molar-refractivity contribution in [2.24, 2.45) is 7.05 Å². The molecule has 3 aromatic rings. The van der Waals surface area contributed by atoms with E-state index < -0.39 is 5.76 Å². The predicted octanol–water partition coefficient (Wildman–Crippen LogP) is 1.79. The Kier molecular flexibility index (Phi) is 3.92. The average molecular weight is 315 g/mol. The molecule has 0 unspecified atom stereocenters. The first-order valence-corrected chi connectivity index (χ1v) is 7.14. The fraction of sp³-hybridized carbons (Fsp3) is 0.250. The van der Waals surface area contributed by atoms with Crippen LogP contribution in [0, 0.1) is 0 Å². The smallest absolute Gasteiger partial charge is 0.419 e. The molecule has 0 fully saturated rings. The second kappa shape index (κ2) is 6.04. The van der Waals surface area contributed by atoms with Crippen molar-refractivity contribution >= 4 is 22.7 Å². The first-order valence-electron chi connectivity index (χ1n) is 7.14. The van der Waals surface area contributed by atoms with Crippen molar-refractivity contribution in [3.63, 3.8) is 0 Å². The summed E-state index contributed by atoms with van der Waals surface area (Å²) in [5.74, 6) is 0.254. The van der Waals surface area contributed by atoms with Gasteiger partial charge in [-0.05, 0) is 30.3 Å². The molecular weight excluding hydrogens is 298 g/mol. The number of hydrogen-bond donors (Lipinski definition) is 1. The molecule has 7 heteroatoms. The minimum atomic E-state index is -0.411. The first kappa shape index (κ1) is 15.0. The molecular formula is C16H17N3O4. The minimum Gasteiger partial charge on any atom is -0.467 e. The number of anilines is 1. The molecule has 1 aromatic carbocycles. The van der Waals surface area contributed by atoms with Gasteiger partial charge in [0.05, 0.1) is 24.9 Å². The number of rotatable bonds is 5. The number of nitrogens with one attached hydrogen (secondary N) is 1. The largest absolute Gasteiger partial charge is 0.467 e. The highest BCUT2D eigenvalue weighted by Crippen LogP contribution is 2.17. The highest BCUT2D eigenvalue weighted by atomic mass is 16.4. The van der Waals surface area contributed by atoms with E-state index in [0.29, 0.717) is 17.6 Å². The molecule has 2 heterocycles. The third-order valence-electron chi connectivity index (χ3n) is 3.63. The zero-order valence-electron chi connectivity index (χ0n) is 12.9. The third kappa shape index (κ3) is 3.13. The van der Waals surface area contributed by atoms with Crippen molar-refractivity contribution in [3.8, 4) is 0 Å². The van der Waals surface area contributed by atoms with Gasteiger partial charge < -0.3 is 19.1 Å². The molecule has 120 valence electrons. The van der Waals surface area contributed by atoms with E-state index in [0.717, 1.165) is 11.4 Å². The number of likely N-dealkylation sites (N-methyl/N-ethyl adjacent to an activating group) is 1. The summed E-state index contributed by atoms with van der Waals surface area (Å²) in [4.78, 5) is 25.2. The number of furan rings is 1. The number of hydrogen-bond acceptors (Lipinski definition) is 5. The molecule has 1 amide bonds. The summed E-state index contributed by atoms with van der Waals surface area (Å²) in [5.41, 5.74) is 1.94. The zero-order chi connectivity index (χ0) is 16.4. The summed E-state index contributed by atoms with van der Waals surface area (Å²) in [6.45, 7) is 0.567. The van der Waals surface area contributed by atoms with Gasteiger partial charge in [-0.1, -0.05) is 0 Å². The maximum absolute atomic E-state index is 12.1. The maximum Gasteiger partial charge on any atom is 0.419 e. The van der Waals surface area contributed by atoms with Crippen LogP contribution in [0.2, 0.25) is 0 Å². The van der Waals surface area contributed by atoms with E-state index in [9.17, 15) is 9.59 Å². The molecule has 0 atom stereocenters. The van der Waals surface area contributed by atoms with E-state index in [1.165, 1.54) is 4.57 Å². The van der Waals surface area contributed by atoms with E-state index in [2.05, 4.69) is 5.32 Å². The van der Waals surface area contributed by atoms with Crippen LogP contribution >= 0.6 is 0 Å². The van der Waals surface area contributed by atoms with Crippen LogP contribution in [0.1, 0.15) is 5.76 Å². The van der Waals surface area contributed by atoms with Gasteiger partial charge in [-0.25, -0.2) is 4.79 Å². The van der Waals surface area contributed by atoms with E-state index in [1.807, 2.05) is 6.07 Å². The van der Waals surface area contributed by atoms with Crippen LogP contribution in [0.5, 0.6) is 0 Å². The fourth-order valence-electron chi connectivity index (χ4n) is 2.27. The minimum absolute atomic E-state index is 0.0671. The van der Waals surface area contributed by atoms with E-state index in [1.54, 1.807) is 49.5 Å². The molecule has 0 saturated heterocycles. The van der Waals surface area contributed by atoms with Gasteiger partial charge in [0.15, 0.2) is 5.58 Å². The normalized spacial score (nSPS) is 10.9. The zero-order valence-corrected chi connectivity index (χ0v) is 12.9. The number of fused-ring (bicyclic) bond motifs is 1. The number of oxazole rings is 1. The average Bonchev–Trinajstić information content (AvgIpc) is 3.14. The summed E-state index contributed by atoms with van der Waals surface area (Å²) < 4.78 is 11.7. The quantitative estimate of drug-likeness (QED) is 0.776. The second-order valence-corrected chi connectivity index (χ2v) is 5.29. The van der Waals surface area contributed by atoms with Crippen LogP contribution in [-0.2, 0) is 18.4 Å². The summed E-state index contributed by atoms with van der Waals surface area (Å²) in [7, 11) is 3.36. The lowest BCUT2D eigenvalue weighted by molar-refractivity contribution is -0.128. The van der Waals surface area contributed by atoms with Crippen molar-refractivity contribution < 1.29 is 13.6 Å². The van der Waals surface area contributed by atoms with E-state index in [4.69, 9.17) is 8.83 Å². The van der Waals surface area contributed by atoms with Gasteiger partial charge in [0.1, 0.15) is 5.76 Å². The molecule has 0 radical (unpaired) electrons. The molecule has 0 saturated carbocycles. The number of benzene rings is 1. The van der Waals surface area contributed by atoms with Gasteiger partial charge >= 0.3 is 5.76 Å². The number of amides is 1. The van der Waals surface area contributed by atoms with Crippen LogP contribution in [0.15, 0.2) is 50.2 Å². The van der Waals surface area contributed by atoms with Gasteiger partial charge in [0, 0.05) is 19.8 Å². The Hall–Kier alpha value is -2.96. The van der Waals surface area contributed by atoms with Gasteiger partial charge in [-0.2, -0.15) is 0 Å². The number of carbonyl (C=O) groups is 1. The SMILES string of the molecule is CN(Cc1ccco1)C(=O)CNc1ccc2oc(=O)n(C)c2c1. The molecule has 1 N–H and O–H groups in total. The van der Waals surface area contributed by atoms with E-state index >= 15 is 0 Å². The van der Waals surface area contributed by atoms with Crippen molar-refractivity contribution in [1.82, 2.24) is 9.47 Å². The van der Waals surface area contributed by atoms with Crippen molar-refractivity contribution in [2.75, 3.05) is 18.9 Å². The summed E-state index contributed by atoms with van der Waals surface area (Å²) in [6.07, 6.45) is 1.58. The standard InChI is InChI=1S/C16H17N3O4/c1-18(10-12-4-3-7-22-12)15(20)9-17-11-5-6-14-13(8-11)19(2)16(21)23-14/h3-8,17H,9-10H2,1-2H3. The first-order chi connectivity index (χ1) is 11.0. The van der Waals surface area contributed by atoms with Crippen molar-refractivity contribution in [3.05, 3.63) is 52.9 Å². The molecule has 3 rings (SSSR count). The molecule has 23 heavy (non-hydrogen) atoms. The molecule has 7 nitrogen and oxygen atoms in total.